The van der Waals surface area contributed by atoms with Gasteiger partial charge in [0.05, 0.1) is 0 Å². The van der Waals surface area contributed by atoms with Crippen molar-refractivity contribution in [2.24, 2.45) is 0 Å². The van der Waals surface area contributed by atoms with E-state index in [1.165, 1.54) is 12.1 Å². The number of aromatic hydroxyl groups is 2. The molecule has 0 saturated carbocycles. The smallest absolute Gasteiger partial charge is 0.157 e. The van der Waals surface area contributed by atoms with Crippen LogP contribution in [0.3, 0.4) is 0 Å². The van der Waals surface area contributed by atoms with Crippen LogP contribution in [-0.4, -0.2) is 16.5 Å². The first-order chi connectivity index (χ1) is 9.69. The molecule has 1 atom stereocenters. The molecule has 1 unspecified atom stereocenters. The van der Waals surface area contributed by atoms with E-state index < -0.39 is 5.92 Å². The Balaban J connectivity index is 2.00. The summed E-state index contributed by atoms with van der Waals surface area (Å²) in [6, 6.07) is 11.8. The number of hydrogen-bond acceptors (Lipinski definition) is 4. The first-order valence-electron chi connectivity index (χ1n) is 6.14. The van der Waals surface area contributed by atoms with E-state index in [0.29, 0.717) is 17.1 Å². The third-order valence-electron chi connectivity index (χ3n) is 3.23. The van der Waals surface area contributed by atoms with Crippen LogP contribution >= 0.6 is 0 Å². The lowest BCUT2D eigenvalue weighted by Crippen LogP contribution is -1.99. The Morgan fingerprint density at radius 2 is 1.85 bits per heavy atom. The predicted octanol–water partition coefficient (Wildman–Crippen LogP) is 2.81. The van der Waals surface area contributed by atoms with Gasteiger partial charge in [-0.3, -0.25) is 0 Å². The summed E-state index contributed by atoms with van der Waals surface area (Å²) < 4.78 is 5.67. The molecule has 0 aromatic heterocycles. The van der Waals surface area contributed by atoms with Crippen molar-refractivity contribution in [3.8, 4) is 17.2 Å². The molecule has 3 rings (SSSR count). The maximum atomic E-state index is 11.3. The fourth-order valence-electron chi connectivity index (χ4n) is 2.23. The van der Waals surface area contributed by atoms with Crippen molar-refractivity contribution < 1.29 is 19.7 Å². The number of phenolic OH excluding ortho intramolecular Hbond substituents is 2. The summed E-state index contributed by atoms with van der Waals surface area (Å²) in [7, 11) is 0. The lowest BCUT2D eigenvalue weighted by molar-refractivity contribution is -0.108. The summed E-state index contributed by atoms with van der Waals surface area (Å²) >= 11 is 0. The lowest BCUT2D eigenvalue weighted by atomic mass is 9.99. The number of carbonyl (C=O) groups is 1. The summed E-state index contributed by atoms with van der Waals surface area (Å²) in [5, 5.41) is 18.8. The number of allylic oxidation sites excluding steroid dienone is 1. The van der Waals surface area contributed by atoms with Gasteiger partial charge in [0.15, 0.2) is 11.5 Å². The van der Waals surface area contributed by atoms with Crippen molar-refractivity contribution in [1.29, 1.82) is 0 Å². The van der Waals surface area contributed by atoms with E-state index in [1.807, 2.05) is 18.2 Å². The molecule has 0 fully saturated rings. The average molecular weight is 268 g/mol. The molecule has 2 aromatic carbocycles. The van der Waals surface area contributed by atoms with Gasteiger partial charge in [-0.15, -0.1) is 0 Å². The number of fused-ring (bicyclic) bond motifs is 1. The van der Waals surface area contributed by atoms with E-state index in [2.05, 4.69) is 0 Å². The Labute approximate surface area is 115 Å². The quantitative estimate of drug-likeness (QED) is 0.649. The minimum Gasteiger partial charge on any atom is -0.504 e. The number of ether oxygens (including phenoxy) is 1. The number of hydrogen-bond donors (Lipinski definition) is 2. The van der Waals surface area contributed by atoms with Crippen molar-refractivity contribution in [3.05, 3.63) is 59.4 Å². The highest BCUT2D eigenvalue weighted by Gasteiger charge is 2.28. The zero-order valence-corrected chi connectivity index (χ0v) is 10.5. The fraction of sp³-hybridized carbons (Fsp3) is 0.0625. The largest absolute Gasteiger partial charge is 0.504 e. The molecule has 0 radical (unpaired) electrons. The third kappa shape index (κ3) is 2.01. The van der Waals surface area contributed by atoms with E-state index in [4.69, 9.17) is 4.74 Å². The Morgan fingerprint density at radius 1 is 1.05 bits per heavy atom. The van der Waals surface area contributed by atoms with Crippen LogP contribution in [-0.2, 0) is 4.79 Å². The van der Waals surface area contributed by atoms with Crippen LogP contribution in [0.4, 0.5) is 0 Å². The molecular weight excluding hydrogens is 256 g/mol. The normalized spacial score (nSPS) is 18.6. The van der Waals surface area contributed by atoms with Gasteiger partial charge in [-0.2, -0.15) is 0 Å². The molecule has 1 aliphatic rings. The summed E-state index contributed by atoms with van der Waals surface area (Å²) in [6.07, 6.45) is 2.51. The molecule has 2 N–H and O–H groups in total. The minimum absolute atomic E-state index is 0.185. The Hall–Kier alpha value is -2.75. The van der Waals surface area contributed by atoms with Gasteiger partial charge in [0.2, 0.25) is 0 Å². The second kappa shape index (κ2) is 4.74. The van der Waals surface area contributed by atoms with Crippen LogP contribution in [0.5, 0.6) is 17.2 Å². The SMILES string of the molecule is O=CC1/C(=C/c2ccc(O)c(O)c2)Oc2ccccc21. The number of aldehydes is 1. The Morgan fingerprint density at radius 3 is 2.60 bits per heavy atom. The molecule has 0 amide bonds. The molecule has 1 heterocycles. The molecule has 0 saturated heterocycles. The van der Waals surface area contributed by atoms with E-state index in [1.54, 1.807) is 18.2 Å². The molecular formula is C16H12O4. The van der Waals surface area contributed by atoms with E-state index in [-0.39, 0.29) is 11.5 Å². The van der Waals surface area contributed by atoms with Crippen LogP contribution in [0, 0.1) is 0 Å². The third-order valence-corrected chi connectivity index (χ3v) is 3.23. The van der Waals surface area contributed by atoms with Gasteiger partial charge < -0.3 is 19.7 Å². The maximum absolute atomic E-state index is 11.3. The second-order valence-electron chi connectivity index (χ2n) is 4.55. The van der Waals surface area contributed by atoms with E-state index in [9.17, 15) is 15.0 Å². The van der Waals surface area contributed by atoms with Crippen molar-refractivity contribution in [2.75, 3.05) is 0 Å². The molecule has 0 aliphatic carbocycles. The number of phenols is 2. The lowest BCUT2D eigenvalue weighted by Gasteiger charge is -2.04. The van der Waals surface area contributed by atoms with Crippen LogP contribution in [0.15, 0.2) is 48.2 Å². The number of carbonyl (C=O) groups excluding carboxylic acids is 1. The minimum atomic E-state index is -0.442. The van der Waals surface area contributed by atoms with Gasteiger partial charge in [0.25, 0.3) is 0 Å². The monoisotopic (exact) mass is 268 g/mol. The van der Waals surface area contributed by atoms with Crippen molar-refractivity contribution in [3.63, 3.8) is 0 Å². The van der Waals surface area contributed by atoms with Crippen LogP contribution in [0.2, 0.25) is 0 Å². The van der Waals surface area contributed by atoms with Gasteiger partial charge >= 0.3 is 0 Å². The second-order valence-corrected chi connectivity index (χ2v) is 4.55. The van der Waals surface area contributed by atoms with Gasteiger partial charge in [-0.25, -0.2) is 0 Å². The molecule has 4 heteroatoms. The van der Waals surface area contributed by atoms with Gasteiger partial charge in [0.1, 0.15) is 23.7 Å². The first-order valence-corrected chi connectivity index (χ1v) is 6.14. The highest BCUT2D eigenvalue weighted by Crippen LogP contribution is 2.40. The van der Waals surface area contributed by atoms with Crippen LogP contribution in [0.1, 0.15) is 17.0 Å². The fourth-order valence-corrected chi connectivity index (χ4v) is 2.23. The zero-order chi connectivity index (χ0) is 14.1. The average Bonchev–Trinajstić information content (AvgIpc) is 2.80. The predicted molar refractivity (Wildman–Crippen MR) is 73.6 cm³/mol. The summed E-state index contributed by atoms with van der Waals surface area (Å²) in [5.41, 5.74) is 1.48. The molecule has 100 valence electrons. The molecule has 0 bridgehead atoms. The van der Waals surface area contributed by atoms with E-state index in [0.717, 1.165) is 11.8 Å². The number of benzene rings is 2. The van der Waals surface area contributed by atoms with Gasteiger partial charge in [0, 0.05) is 5.56 Å². The standard InChI is InChI=1S/C16H12O4/c17-9-12-11-3-1-2-4-15(11)20-16(12)8-10-5-6-13(18)14(19)7-10/h1-9,12,18-19H/b16-8-. The molecule has 20 heavy (non-hydrogen) atoms. The number of para-hydroxylation sites is 1. The van der Waals surface area contributed by atoms with Gasteiger partial charge in [-0.05, 0) is 29.8 Å². The first kappa shape index (κ1) is 12.3. The summed E-state index contributed by atoms with van der Waals surface area (Å²) in [6.45, 7) is 0. The topological polar surface area (TPSA) is 66.8 Å². The van der Waals surface area contributed by atoms with E-state index >= 15 is 0 Å². The maximum Gasteiger partial charge on any atom is 0.157 e. The van der Waals surface area contributed by atoms with Crippen molar-refractivity contribution >= 4 is 12.4 Å². The highest BCUT2D eigenvalue weighted by molar-refractivity contribution is 5.75. The van der Waals surface area contributed by atoms with Crippen LogP contribution < -0.4 is 4.74 Å². The van der Waals surface area contributed by atoms with Crippen LogP contribution in [0.25, 0.3) is 6.08 Å². The highest BCUT2D eigenvalue weighted by atomic mass is 16.5. The Bertz CT molecular complexity index is 703. The number of rotatable bonds is 2. The summed E-state index contributed by atoms with van der Waals surface area (Å²) in [5.74, 6) is 0.333. The van der Waals surface area contributed by atoms with Crippen molar-refractivity contribution in [2.45, 2.75) is 5.92 Å². The molecule has 4 nitrogen and oxygen atoms in total. The Kier molecular flexibility index (Phi) is 2.91. The zero-order valence-electron chi connectivity index (χ0n) is 10.5. The van der Waals surface area contributed by atoms with Crippen molar-refractivity contribution in [1.82, 2.24) is 0 Å². The van der Waals surface area contributed by atoms with Gasteiger partial charge in [-0.1, -0.05) is 24.3 Å². The molecule has 1 aliphatic heterocycles. The summed E-state index contributed by atoms with van der Waals surface area (Å²) in [4.78, 5) is 11.3. The molecule has 2 aromatic rings. The molecule has 0 spiro atoms.